The van der Waals surface area contributed by atoms with Gasteiger partial charge in [0.2, 0.25) is 0 Å². The lowest BCUT2D eigenvalue weighted by Crippen LogP contribution is -2.42. The van der Waals surface area contributed by atoms with Gasteiger partial charge in [-0.15, -0.1) is 0 Å². The van der Waals surface area contributed by atoms with Crippen molar-refractivity contribution in [1.29, 1.82) is 5.26 Å². The highest BCUT2D eigenvalue weighted by Crippen LogP contribution is 2.18. The number of nitriles is 1. The molecule has 0 atom stereocenters. The molecule has 0 aliphatic carbocycles. The lowest BCUT2D eigenvalue weighted by atomic mass is 10.0. The summed E-state index contributed by atoms with van der Waals surface area (Å²) in [6.07, 6.45) is 0. The van der Waals surface area contributed by atoms with Crippen LogP contribution in [0.15, 0.2) is 24.3 Å². The van der Waals surface area contributed by atoms with Crippen LogP contribution < -0.4 is 5.32 Å². The first-order valence-corrected chi connectivity index (χ1v) is 4.64. The highest BCUT2D eigenvalue weighted by molar-refractivity contribution is 5.58. The molecule has 0 bridgehead atoms. The molecule has 0 amide bonds. The number of hydrogen-bond acceptors (Lipinski definition) is 4. The minimum Gasteiger partial charge on any atom is -0.394 e. The van der Waals surface area contributed by atoms with Gasteiger partial charge in [-0.1, -0.05) is 12.1 Å². The van der Waals surface area contributed by atoms with Gasteiger partial charge in [0.05, 0.1) is 30.0 Å². The Labute approximate surface area is 88.8 Å². The summed E-state index contributed by atoms with van der Waals surface area (Å²) in [7, 11) is 0. The third-order valence-electron chi connectivity index (χ3n) is 2.18. The van der Waals surface area contributed by atoms with Gasteiger partial charge >= 0.3 is 0 Å². The van der Waals surface area contributed by atoms with Crippen LogP contribution in [0.25, 0.3) is 0 Å². The minimum absolute atomic E-state index is 0.205. The van der Waals surface area contributed by atoms with E-state index in [1.165, 1.54) is 0 Å². The molecule has 0 aliphatic rings. The van der Waals surface area contributed by atoms with Crippen LogP contribution in [0.1, 0.15) is 12.5 Å². The summed E-state index contributed by atoms with van der Waals surface area (Å²) in [5.41, 5.74) is 0.295. The Balaban J connectivity index is 2.94. The van der Waals surface area contributed by atoms with E-state index in [0.717, 1.165) is 0 Å². The van der Waals surface area contributed by atoms with Crippen LogP contribution in [0.3, 0.4) is 0 Å². The summed E-state index contributed by atoms with van der Waals surface area (Å²) in [5.74, 6) is 0. The number of hydrogen-bond donors (Lipinski definition) is 3. The molecule has 0 heterocycles. The summed E-state index contributed by atoms with van der Waals surface area (Å²) in [6, 6.07) is 9.01. The van der Waals surface area contributed by atoms with Gasteiger partial charge in [0.25, 0.3) is 0 Å². The number of anilines is 1. The molecule has 80 valence electrons. The third-order valence-corrected chi connectivity index (χ3v) is 2.18. The zero-order valence-electron chi connectivity index (χ0n) is 8.57. The fraction of sp³-hybridized carbons (Fsp3) is 0.364. The van der Waals surface area contributed by atoms with E-state index in [4.69, 9.17) is 15.5 Å². The van der Waals surface area contributed by atoms with Crippen molar-refractivity contribution in [2.75, 3.05) is 18.5 Å². The van der Waals surface area contributed by atoms with Gasteiger partial charge in [0, 0.05) is 0 Å². The van der Waals surface area contributed by atoms with E-state index in [1.807, 2.05) is 6.07 Å². The molecule has 4 heteroatoms. The Bertz CT molecular complexity index is 367. The average Bonchev–Trinajstić information content (AvgIpc) is 2.29. The highest BCUT2D eigenvalue weighted by Gasteiger charge is 2.22. The van der Waals surface area contributed by atoms with Crippen LogP contribution in [0, 0.1) is 11.3 Å². The molecular weight excluding hydrogens is 192 g/mol. The predicted molar refractivity (Wildman–Crippen MR) is 57.4 cm³/mol. The second-order valence-electron chi connectivity index (χ2n) is 3.66. The van der Waals surface area contributed by atoms with E-state index in [-0.39, 0.29) is 13.2 Å². The largest absolute Gasteiger partial charge is 0.394 e. The topological polar surface area (TPSA) is 76.3 Å². The fourth-order valence-corrected chi connectivity index (χ4v) is 1.14. The molecule has 1 rings (SSSR count). The molecule has 15 heavy (non-hydrogen) atoms. The Morgan fingerprint density at radius 3 is 2.47 bits per heavy atom. The van der Waals surface area contributed by atoms with Crippen LogP contribution in [0.4, 0.5) is 5.69 Å². The summed E-state index contributed by atoms with van der Waals surface area (Å²) < 4.78 is 0. The predicted octanol–water partition coefficient (Wildman–Crippen LogP) is 0.713. The molecule has 0 fully saturated rings. The summed E-state index contributed by atoms with van der Waals surface area (Å²) in [5, 5.41) is 30.0. The van der Waals surface area contributed by atoms with Gasteiger partial charge in [0.1, 0.15) is 6.07 Å². The van der Waals surface area contributed by atoms with E-state index in [1.54, 1.807) is 31.2 Å². The molecule has 0 spiro atoms. The molecule has 4 nitrogen and oxygen atoms in total. The van der Waals surface area contributed by atoms with Crippen molar-refractivity contribution in [2.24, 2.45) is 0 Å². The average molecular weight is 206 g/mol. The van der Waals surface area contributed by atoms with Gasteiger partial charge in [-0.3, -0.25) is 0 Å². The number of nitrogens with zero attached hydrogens (tertiary/aromatic N) is 1. The maximum atomic E-state index is 9.10. The minimum atomic E-state index is -0.813. The molecule has 0 saturated heterocycles. The molecule has 0 unspecified atom stereocenters. The highest BCUT2D eigenvalue weighted by atomic mass is 16.3. The maximum Gasteiger partial charge on any atom is 0.101 e. The van der Waals surface area contributed by atoms with Crippen LogP contribution in [-0.2, 0) is 0 Å². The quantitative estimate of drug-likeness (QED) is 0.678. The van der Waals surface area contributed by atoms with Crippen LogP contribution >= 0.6 is 0 Å². The van der Waals surface area contributed by atoms with Gasteiger partial charge < -0.3 is 15.5 Å². The van der Waals surface area contributed by atoms with Crippen molar-refractivity contribution < 1.29 is 10.2 Å². The Morgan fingerprint density at radius 1 is 1.33 bits per heavy atom. The Kier molecular flexibility index (Phi) is 3.67. The molecule has 0 radical (unpaired) electrons. The molecular formula is C11H14N2O2. The molecule has 1 aromatic carbocycles. The Hall–Kier alpha value is -1.57. The van der Waals surface area contributed by atoms with Crippen molar-refractivity contribution in [3.63, 3.8) is 0 Å². The second-order valence-corrected chi connectivity index (χ2v) is 3.66. The zero-order valence-corrected chi connectivity index (χ0v) is 8.57. The van der Waals surface area contributed by atoms with Crippen LogP contribution in [-0.4, -0.2) is 29.0 Å². The number of para-hydroxylation sites is 1. The SMILES string of the molecule is CC(CO)(CO)Nc1ccccc1C#N. The zero-order chi connectivity index (χ0) is 11.3. The molecule has 3 N–H and O–H groups in total. The van der Waals surface area contributed by atoms with E-state index < -0.39 is 5.54 Å². The first kappa shape index (κ1) is 11.5. The first-order chi connectivity index (χ1) is 7.15. The number of aliphatic hydroxyl groups excluding tert-OH is 2. The van der Waals surface area contributed by atoms with Crippen LogP contribution in [0.2, 0.25) is 0 Å². The van der Waals surface area contributed by atoms with Gasteiger partial charge in [-0.2, -0.15) is 5.26 Å². The van der Waals surface area contributed by atoms with Crippen molar-refractivity contribution in [3.8, 4) is 6.07 Å². The number of aliphatic hydroxyl groups is 2. The number of benzene rings is 1. The Morgan fingerprint density at radius 2 is 1.93 bits per heavy atom. The molecule has 0 aliphatic heterocycles. The van der Waals surface area contributed by atoms with E-state index in [0.29, 0.717) is 11.3 Å². The van der Waals surface area contributed by atoms with Crippen molar-refractivity contribution in [1.82, 2.24) is 0 Å². The van der Waals surface area contributed by atoms with Crippen molar-refractivity contribution in [2.45, 2.75) is 12.5 Å². The molecule has 1 aromatic rings. The van der Waals surface area contributed by atoms with Gasteiger partial charge in [-0.05, 0) is 19.1 Å². The molecule has 0 saturated carbocycles. The fourth-order valence-electron chi connectivity index (χ4n) is 1.14. The number of rotatable bonds is 4. The summed E-state index contributed by atoms with van der Waals surface area (Å²) in [6.45, 7) is 1.27. The maximum absolute atomic E-state index is 9.10. The third kappa shape index (κ3) is 2.69. The standard InChI is InChI=1S/C11H14N2O2/c1-11(7-14,8-15)13-10-5-3-2-4-9(10)6-12/h2-5,13-15H,7-8H2,1H3. The van der Waals surface area contributed by atoms with Gasteiger partial charge in [0.15, 0.2) is 0 Å². The van der Waals surface area contributed by atoms with Crippen molar-refractivity contribution in [3.05, 3.63) is 29.8 Å². The van der Waals surface area contributed by atoms with E-state index in [9.17, 15) is 0 Å². The smallest absolute Gasteiger partial charge is 0.101 e. The lowest BCUT2D eigenvalue weighted by molar-refractivity contribution is 0.147. The van der Waals surface area contributed by atoms with E-state index >= 15 is 0 Å². The lowest BCUT2D eigenvalue weighted by Gasteiger charge is -2.27. The van der Waals surface area contributed by atoms with Crippen molar-refractivity contribution >= 4 is 5.69 Å². The van der Waals surface area contributed by atoms with Gasteiger partial charge in [-0.25, -0.2) is 0 Å². The normalized spacial score (nSPS) is 10.8. The summed E-state index contributed by atoms with van der Waals surface area (Å²) >= 11 is 0. The first-order valence-electron chi connectivity index (χ1n) is 4.64. The second kappa shape index (κ2) is 4.78. The number of nitrogens with one attached hydrogen (secondary N) is 1. The summed E-state index contributed by atoms with van der Waals surface area (Å²) in [4.78, 5) is 0. The van der Waals surface area contributed by atoms with E-state index in [2.05, 4.69) is 5.32 Å². The monoisotopic (exact) mass is 206 g/mol. The van der Waals surface area contributed by atoms with Crippen LogP contribution in [0.5, 0.6) is 0 Å². The molecule has 0 aromatic heterocycles.